The highest BCUT2D eigenvalue weighted by molar-refractivity contribution is 5.45. The van der Waals surface area contributed by atoms with Gasteiger partial charge in [-0.15, -0.1) is 0 Å². The summed E-state index contributed by atoms with van der Waals surface area (Å²) in [6.07, 6.45) is 2.76. The largest absolute Gasteiger partial charge is 0.385 e. The second kappa shape index (κ2) is 4.76. The van der Waals surface area contributed by atoms with Crippen LogP contribution in [0.2, 0.25) is 0 Å². The van der Waals surface area contributed by atoms with E-state index in [9.17, 15) is 0 Å². The van der Waals surface area contributed by atoms with E-state index in [1.54, 1.807) is 12.3 Å². The van der Waals surface area contributed by atoms with Gasteiger partial charge in [0.25, 0.3) is 0 Å². The molecule has 1 aliphatic heterocycles. The molecule has 0 radical (unpaired) electrons. The van der Waals surface area contributed by atoms with E-state index >= 15 is 0 Å². The lowest BCUT2D eigenvalue weighted by Gasteiger charge is -2.10. The molecule has 0 aromatic carbocycles. The van der Waals surface area contributed by atoms with Gasteiger partial charge in [0, 0.05) is 31.0 Å². The Morgan fingerprint density at radius 2 is 2.60 bits per heavy atom. The molecule has 0 amide bonds. The summed E-state index contributed by atoms with van der Waals surface area (Å²) >= 11 is 0. The molecule has 1 N–H and O–H groups in total. The molecule has 2 heterocycles. The summed E-state index contributed by atoms with van der Waals surface area (Å²) in [6.45, 7) is 2.60. The normalized spacial score (nSPS) is 19.8. The van der Waals surface area contributed by atoms with Crippen molar-refractivity contribution in [1.29, 1.82) is 5.26 Å². The lowest BCUT2D eigenvalue weighted by atomic mass is 10.1. The second-order valence-corrected chi connectivity index (χ2v) is 3.65. The van der Waals surface area contributed by atoms with E-state index in [4.69, 9.17) is 10.00 Å². The third kappa shape index (κ3) is 2.67. The van der Waals surface area contributed by atoms with E-state index in [0.717, 1.165) is 31.9 Å². The SMILES string of the molecule is N#Cc1cc(NCC2CCOC2)ccn1. The van der Waals surface area contributed by atoms with Crippen LogP contribution < -0.4 is 5.32 Å². The van der Waals surface area contributed by atoms with Gasteiger partial charge in [-0.1, -0.05) is 0 Å². The van der Waals surface area contributed by atoms with Crippen LogP contribution in [0.3, 0.4) is 0 Å². The molecule has 78 valence electrons. The quantitative estimate of drug-likeness (QED) is 0.806. The van der Waals surface area contributed by atoms with Gasteiger partial charge in [0.1, 0.15) is 11.8 Å². The lowest BCUT2D eigenvalue weighted by molar-refractivity contribution is 0.187. The fourth-order valence-corrected chi connectivity index (χ4v) is 1.61. The van der Waals surface area contributed by atoms with Crippen molar-refractivity contribution in [3.8, 4) is 6.07 Å². The zero-order chi connectivity index (χ0) is 10.5. The second-order valence-electron chi connectivity index (χ2n) is 3.65. The third-order valence-electron chi connectivity index (χ3n) is 2.49. The Balaban J connectivity index is 1.90. The minimum Gasteiger partial charge on any atom is -0.385 e. The van der Waals surface area contributed by atoms with Crippen LogP contribution in [0.5, 0.6) is 0 Å². The van der Waals surface area contributed by atoms with Crippen molar-refractivity contribution in [2.45, 2.75) is 6.42 Å². The van der Waals surface area contributed by atoms with Gasteiger partial charge >= 0.3 is 0 Å². The van der Waals surface area contributed by atoms with Crippen LogP contribution in [0.15, 0.2) is 18.3 Å². The Kier molecular flexibility index (Phi) is 3.15. The fourth-order valence-electron chi connectivity index (χ4n) is 1.61. The Bertz CT molecular complexity index is 366. The molecule has 1 fully saturated rings. The molecule has 2 rings (SSSR count). The number of rotatable bonds is 3. The summed E-state index contributed by atoms with van der Waals surface area (Å²) in [5.74, 6) is 0.587. The van der Waals surface area contributed by atoms with Crippen molar-refractivity contribution >= 4 is 5.69 Å². The maximum atomic E-state index is 8.68. The molecule has 0 saturated carbocycles. The van der Waals surface area contributed by atoms with Crippen LogP contribution in [-0.2, 0) is 4.74 Å². The van der Waals surface area contributed by atoms with Gasteiger partial charge in [-0.3, -0.25) is 0 Å². The third-order valence-corrected chi connectivity index (χ3v) is 2.49. The molecule has 4 heteroatoms. The lowest BCUT2D eigenvalue weighted by Crippen LogP contribution is -2.14. The first-order valence-electron chi connectivity index (χ1n) is 5.06. The summed E-state index contributed by atoms with van der Waals surface area (Å²) in [6, 6.07) is 5.65. The number of hydrogen-bond donors (Lipinski definition) is 1. The van der Waals surface area contributed by atoms with E-state index in [-0.39, 0.29) is 0 Å². The number of nitriles is 1. The van der Waals surface area contributed by atoms with E-state index < -0.39 is 0 Å². The van der Waals surface area contributed by atoms with Gasteiger partial charge in [-0.25, -0.2) is 4.98 Å². The molecular formula is C11H13N3O. The van der Waals surface area contributed by atoms with Crippen molar-refractivity contribution in [2.75, 3.05) is 25.1 Å². The standard InChI is InChI=1S/C11H13N3O/c12-6-11-5-10(1-3-13-11)14-7-9-2-4-15-8-9/h1,3,5,9H,2,4,7-8H2,(H,13,14). The smallest absolute Gasteiger partial charge is 0.142 e. The minimum absolute atomic E-state index is 0.447. The first-order chi connectivity index (χ1) is 7.38. The van der Waals surface area contributed by atoms with Gasteiger partial charge in [0.15, 0.2) is 0 Å². The maximum absolute atomic E-state index is 8.68. The molecule has 1 unspecified atom stereocenters. The molecule has 1 saturated heterocycles. The average Bonchev–Trinajstić information content (AvgIpc) is 2.79. The van der Waals surface area contributed by atoms with Crippen LogP contribution in [0, 0.1) is 17.2 Å². The predicted octanol–water partition coefficient (Wildman–Crippen LogP) is 1.40. The number of nitrogens with zero attached hydrogens (tertiary/aromatic N) is 2. The zero-order valence-corrected chi connectivity index (χ0v) is 8.44. The molecule has 1 aromatic rings. The molecule has 0 aliphatic carbocycles. The summed E-state index contributed by atoms with van der Waals surface area (Å²) in [7, 11) is 0. The van der Waals surface area contributed by atoms with Gasteiger partial charge in [-0.05, 0) is 18.6 Å². The van der Waals surface area contributed by atoms with E-state index in [1.807, 2.05) is 12.1 Å². The van der Waals surface area contributed by atoms with Crippen molar-refractivity contribution < 1.29 is 4.74 Å². The number of pyridine rings is 1. The molecule has 0 spiro atoms. The average molecular weight is 203 g/mol. The molecular weight excluding hydrogens is 190 g/mol. The van der Waals surface area contributed by atoms with Crippen molar-refractivity contribution in [3.63, 3.8) is 0 Å². The number of nitrogens with one attached hydrogen (secondary N) is 1. The van der Waals surface area contributed by atoms with Crippen LogP contribution in [-0.4, -0.2) is 24.7 Å². The highest BCUT2D eigenvalue weighted by Gasteiger charge is 2.14. The van der Waals surface area contributed by atoms with Crippen LogP contribution in [0.25, 0.3) is 0 Å². The van der Waals surface area contributed by atoms with Crippen LogP contribution in [0.4, 0.5) is 5.69 Å². The van der Waals surface area contributed by atoms with Gasteiger partial charge in [0.05, 0.1) is 6.61 Å². The molecule has 4 nitrogen and oxygen atoms in total. The van der Waals surface area contributed by atoms with Gasteiger partial charge in [0.2, 0.25) is 0 Å². The van der Waals surface area contributed by atoms with E-state index in [0.29, 0.717) is 11.6 Å². The number of aromatic nitrogens is 1. The summed E-state index contributed by atoms with van der Waals surface area (Å²) in [5.41, 5.74) is 1.40. The molecule has 0 bridgehead atoms. The Labute approximate surface area is 88.9 Å². The highest BCUT2D eigenvalue weighted by Crippen LogP contribution is 2.14. The first-order valence-corrected chi connectivity index (χ1v) is 5.06. The van der Waals surface area contributed by atoms with Crippen LogP contribution >= 0.6 is 0 Å². The number of ether oxygens (including phenoxy) is 1. The van der Waals surface area contributed by atoms with Crippen LogP contribution in [0.1, 0.15) is 12.1 Å². The Hall–Kier alpha value is -1.60. The number of hydrogen-bond acceptors (Lipinski definition) is 4. The number of anilines is 1. The molecule has 1 atom stereocenters. The molecule has 1 aromatic heterocycles. The van der Waals surface area contributed by atoms with Gasteiger partial charge in [-0.2, -0.15) is 5.26 Å². The fraction of sp³-hybridized carbons (Fsp3) is 0.455. The monoisotopic (exact) mass is 203 g/mol. The summed E-state index contributed by atoms with van der Waals surface area (Å²) in [5, 5.41) is 12.0. The predicted molar refractivity (Wildman–Crippen MR) is 56.4 cm³/mol. The van der Waals surface area contributed by atoms with Gasteiger partial charge < -0.3 is 10.1 Å². The molecule has 15 heavy (non-hydrogen) atoms. The van der Waals surface area contributed by atoms with Crippen molar-refractivity contribution in [1.82, 2.24) is 4.98 Å². The molecule has 1 aliphatic rings. The Morgan fingerprint density at radius 3 is 3.33 bits per heavy atom. The highest BCUT2D eigenvalue weighted by atomic mass is 16.5. The summed E-state index contributed by atoms with van der Waals surface area (Å²) < 4.78 is 5.29. The topological polar surface area (TPSA) is 57.9 Å². The minimum atomic E-state index is 0.447. The maximum Gasteiger partial charge on any atom is 0.142 e. The first kappa shape index (κ1) is 9.94. The summed E-state index contributed by atoms with van der Waals surface area (Å²) in [4.78, 5) is 3.91. The van der Waals surface area contributed by atoms with E-state index in [2.05, 4.69) is 10.3 Å². The van der Waals surface area contributed by atoms with E-state index in [1.165, 1.54) is 0 Å². The zero-order valence-electron chi connectivity index (χ0n) is 8.44. The van der Waals surface area contributed by atoms with Crippen molar-refractivity contribution in [3.05, 3.63) is 24.0 Å². The van der Waals surface area contributed by atoms with Crippen molar-refractivity contribution in [2.24, 2.45) is 5.92 Å². The Morgan fingerprint density at radius 1 is 1.67 bits per heavy atom.